The zero-order valence-corrected chi connectivity index (χ0v) is 44.5. The number of carbonyl (C=O) groups excluding carboxylic acids is 3. The first kappa shape index (κ1) is 63.4. The normalized spacial score (nSPS) is 12.4. The van der Waals surface area contributed by atoms with Gasteiger partial charge in [-0.05, 0) is 25.2 Å². The average Bonchev–Trinajstić information content (AvgIpc) is 3.30. The van der Waals surface area contributed by atoms with Crippen molar-refractivity contribution in [3.63, 3.8) is 0 Å². The van der Waals surface area contributed by atoms with Gasteiger partial charge in [-0.15, -0.1) is 0 Å². The Bertz CT molecular complexity index is 982. The maximum Gasteiger partial charge on any atom is 0.306 e. The van der Waals surface area contributed by atoms with Crippen LogP contribution in [-0.2, 0) is 28.6 Å². The topological polar surface area (TPSA) is 78.9 Å². The van der Waals surface area contributed by atoms with Crippen LogP contribution in [0.2, 0.25) is 0 Å². The lowest BCUT2D eigenvalue weighted by molar-refractivity contribution is -0.167. The fourth-order valence-electron chi connectivity index (χ4n) is 9.07. The molecule has 0 amide bonds. The van der Waals surface area contributed by atoms with Crippen LogP contribution in [0, 0.1) is 5.92 Å². The fourth-order valence-corrected chi connectivity index (χ4v) is 9.07. The van der Waals surface area contributed by atoms with Crippen molar-refractivity contribution in [2.45, 2.75) is 342 Å². The summed E-state index contributed by atoms with van der Waals surface area (Å²) in [5, 5.41) is 0. The van der Waals surface area contributed by atoms with Crippen molar-refractivity contribution in [3.05, 3.63) is 0 Å². The molecular formula is C59H114O6. The van der Waals surface area contributed by atoms with E-state index in [0.717, 1.165) is 63.7 Å². The van der Waals surface area contributed by atoms with Crippen molar-refractivity contribution in [1.82, 2.24) is 0 Å². The number of hydrogen-bond acceptors (Lipinski definition) is 6. The van der Waals surface area contributed by atoms with Gasteiger partial charge in [-0.25, -0.2) is 0 Å². The first-order valence-electron chi connectivity index (χ1n) is 29.4. The van der Waals surface area contributed by atoms with Crippen molar-refractivity contribution in [2.24, 2.45) is 5.92 Å². The highest BCUT2D eigenvalue weighted by Gasteiger charge is 2.19. The Balaban J connectivity index is 4.30. The number of esters is 3. The molecule has 0 fully saturated rings. The molecule has 0 aliphatic heterocycles. The maximum absolute atomic E-state index is 12.9. The summed E-state index contributed by atoms with van der Waals surface area (Å²) in [6.45, 7) is 9.10. The van der Waals surface area contributed by atoms with E-state index in [1.165, 1.54) is 231 Å². The molecule has 0 aromatic heterocycles. The summed E-state index contributed by atoms with van der Waals surface area (Å²) in [6, 6.07) is 0. The minimum Gasteiger partial charge on any atom is -0.462 e. The molecule has 386 valence electrons. The highest BCUT2D eigenvalue weighted by Crippen LogP contribution is 2.18. The van der Waals surface area contributed by atoms with E-state index in [0.29, 0.717) is 19.3 Å². The van der Waals surface area contributed by atoms with Crippen LogP contribution in [-0.4, -0.2) is 37.2 Å². The molecule has 0 aromatic carbocycles. The van der Waals surface area contributed by atoms with E-state index in [9.17, 15) is 14.4 Å². The Morgan fingerprint density at radius 3 is 0.800 bits per heavy atom. The van der Waals surface area contributed by atoms with Gasteiger partial charge in [0.1, 0.15) is 13.2 Å². The standard InChI is InChI=1S/C59H114O6/c1-5-8-10-12-14-16-18-20-22-27-31-35-39-43-47-51-58(61)64-54-56(53-63-57(60)50-46-42-38-34-30-26-21-19-17-15-13-11-9-6-2)65-59(62)52-48-44-40-36-32-28-24-23-25-29-33-37-41-45-49-55(4)7-3/h55-56H,5-54H2,1-4H3/t55?,56-/m0/s1. The molecule has 6 heteroatoms. The molecule has 0 aromatic rings. The van der Waals surface area contributed by atoms with Gasteiger partial charge in [0, 0.05) is 19.3 Å². The number of unbranched alkanes of at least 4 members (excludes halogenated alkanes) is 40. The Morgan fingerprint density at radius 2 is 0.538 bits per heavy atom. The van der Waals surface area contributed by atoms with E-state index in [1.54, 1.807) is 0 Å². The third-order valence-corrected chi connectivity index (χ3v) is 13.9. The smallest absolute Gasteiger partial charge is 0.306 e. The van der Waals surface area contributed by atoms with Crippen molar-refractivity contribution in [2.75, 3.05) is 13.2 Å². The summed E-state index contributed by atoms with van der Waals surface area (Å²) in [6.07, 6.45) is 58.0. The van der Waals surface area contributed by atoms with Gasteiger partial charge < -0.3 is 14.2 Å². The summed E-state index contributed by atoms with van der Waals surface area (Å²) in [5.74, 6) is 0.0610. The number of rotatable bonds is 54. The molecule has 0 saturated carbocycles. The number of hydrogen-bond donors (Lipinski definition) is 0. The van der Waals surface area contributed by atoms with Crippen molar-refractivity contribution >= 4 is 17.9 Å². The lowest BCUT2D eigenvalue weighted by atomic mass is 9.99. The largest absolute Gasteiger partial charge is 0.462 e. The van der Waals surface area contributed by atoms with Crippen molar-refractivity contribution in [1.29, 1.82) is 0 Å². The second-order valence-electron chi connectivity index (χ2n) is 20.5. The Labute approximate surface area is 406 Å². The molecule has 2 atom stereocenters. The van der Waals surface area contributed by atoms with E-state index >= 15 is 0 Å². The lowest BCUT2D eigenvalue weighted by Crippen LogP contribution is -2.30. The summed E-state index contributed by atoms with van der Waals surface area (Å²) in [4.78, 5) is 38.2. The van der Waals surface area contributed by atoms with Crippen LogP contribution >= 0.6 is 0 Å². The molecule has 0 heterocycles. The van der Waals surface area contributed by atoms with Crippen LogP contribution in [0.3, 0.4) is 0 Å². The number of ether oxygens (including phenoxy) is 3. The van der Waals surface area contributed by atoms with Crippen LogP contribution in [0.15, 0.2) is 0 Å². The summed E-state index contributed by atoms with van der Waals surface area (Å²) in [5.41, 5.74) is 0. The van der Waals surface area contributed by atoms with E-state index in [4.69, 9.17) is 14.2 Å². The van der Waals surface area contributed by atoms with Crippen molar-refractivity contribution in [3.8, 4) is 0 Å². The van der Waals surface area contributed by atoms with Gasteiger partial charge in [-0.3, -0.25) is 14.4 Å². The third kappa shape index (κ3) is 51.6. The molecule has 0 bridgehead atoms. The van der Waals surface area contributed by atoms with Gasteiger partial charge in [0.05, 0.1) is 0 Å². The second-order valence-corrected chi connectivity index (χ2v) is 20.5. The maximum atomic E-state index is 12.9. The van der Waals surface area contributed by atoms with Gasteiger partial charge >= 0.3 is 17.9 Å². The second kappa shape index (κ2) is 53.4. The van der Waals surface area contributed by atoms with Crippen LogP contribution in [0.4, 0.5) is 0 Å². The van der Waals surface area contributed by atoms with Gasteiger partial charge in [0.25, 0.3) is 0 Å². The minimum absolute atomic E-state index is 0.0617. The first-order valence-corrected chi connectivity index (χ1v) is 29.4. The van der Waals surface area contributed by atoms with Gasteiger partial charge in [0.2, 0.25) is 0 Å². The van der Waals surface area contributed by atoms with Gasteiger partial charge in [-0.1, -0.05) is 297 Å². The van der Waals surface area contributed by atoms with Crippen LogP contribution in [0.1, 0.15) is 336 Å². The quantitative estimate of drug-likeness (QED) is 0.0344. The monoisotopic (exact) mass is 919 g/mol. The average molecular weight is 920 g/mol. The molecular weight excluding hydrogens is 805 g/mol. The SMILES string of the molecule is CCCCCCCCCCCCCCCCCC(=O)OC[C@H](COC(=O)CCCCCCCCCCCCCCCC)OC(=O)CCCCCCCCCCCCCCCCC(C)CC. The fraction of sp³-hybridized carbons (Fsp3) is 0.949. The van der Waals surface area contributed by atoms with Crippen LogP contribution in [0.5, 0.6) is 0 Å². The van der Waals surface area contributed by atoms with E-state index in [-0.39, 0.29) is 31.1 Å². The third-order valence-electron chi connectivity index (χ3n) is 13.9. The van der Waals surface area contributed by atoms with Crippen LogP contribution in [0.25, 0.3) is 0 Å². The molecule has 1 unspecified atom stereocenters. The molecule has 65 heavy (non-hydrogen) atoms. The Hall–Kier alpha value is -1.59. The molecule has 0 saturated heterocycles. The van der Waals surface area contributed by atoms with E-state index in [2.05, 4.69) is 27.7 Å². The summed E-state index contributed by atoms with van der Waals surface area (Å²) < 4.78 is 16.9. The summed E-state index contributed by atoms with van der Waals surface area (Å²) >= 11 is 0. The van der Waals surface area contributed by atoms with E-state index in [1.807, 2.05) is 0 Å². The Morgan fingerprint density at radius 1 is 0.308 bits per heavy atom. The summed E-state index contributed by atoms with van der Waals surface area (Å²) in [7, 11) is 0. The minimum atomic E-state index is -0.762. The highest BCUT2D eigenvalue weighted by atomic mass is 16.6. The number of carbonyl (C=O) groups is 3. The zero-order chi connectivity index (χ0) is 47.4. The molecule has 0 aliphatic carbocycles. The predicted octanol–water partition coefficient (Wildman–Crippen LogP) is 19.4. The molecule has 0 aliphatic rings. The lowest BCUT2D eigenvalue weighted by Gasteiger charge is -2.18. The van der Waals surface area contributed by atoms with Crippen LogP contribution < -0.4 is 0 Å². The molecule has 0 radical (unpaired) electrons. The van der Waals surface area contributed by atoms with E-state index < -0.39 is 6.10 Å². The first-order chi connectivity index (χ1) is 31.9. The van der Waals surface area contributed by atoms with Crippen molar-refractivity contribution < 1.29 is 28.6 Å². The van der Waals surface area contributed by atoms with Gasteiger partial charge in [-0.2, -0.15) is 0 Å². The molecule has 6 nitrogen and oxygen atoms in total. The molecule has 0 rings (SSSR count). The Kier molecular flexibility index (Phi) is 52.1. The zero-order valence-electron chi connectivity index (χ0n) is 44.5. The highest BCUT2D eigenvalue weighted by molar-refractivity contribution is 5.71. The predicted molar refractivity (Wildman–Crippen MR) is 280 cm³/mol. The molecule has 0 spiro atoms. The van der Waals surface area contributed by atoms with Gasteiger partial charge in [0.15, 0.2) is 6.10 Å². The molecule has 0 N–H and O–H groups in total.